The minimum Gasteiger partial charge on any atom is -0.439 e. The van der Waals surface area contributed by atoms with Crippen molar-refractivity contribution >= 4 is 52.0 Å². The van der Waals surface area contributed by atoms with Crippen LogP contribution < -0.4 is 21.3 Å². The molecule has 20 nitrogen and oxygen atoms in total. The Morgan fingerprint density at radius 3 is 2.21 bits per heavy atom. The van der Waals surface area contributed by atoms with Crippen LogP contribution in [0.2, 0.25) is 0 Å². The summed E-state index contributed by atoms with van der Waals surface area (Å²) in [6.45, 7) is 10.9. The number of halogens is 2. The third-order valence-electron chi connectivity index (χ3n) is 14.2. The number of nitrogen functional groups attached to an aromatic ring is 1. The van der Waals surface area contributed by atoms with Gasteiger partial charge in [0.1, 0.15) is 35.3 Å². The Morgan fingerprint density at radius 1 is 0.857 bits per heavy atom. The highest BCUT2D eigenvalue weighted by molar-refractivity contribution is 6.02. The van der Waals surface area contributed by atoms with E-state index in [1.165, 1.54) is 18.5 Å². The maximum Gasteiger partial charge on any atom is 0.410 e. The van der Waals surface area contributed by atoms with E-state index in [4.69, 9.17) is 30.1 Å². The van der Waals surface area contributed by atoms with Gasteiger partial charge in [-0.3, -0.25) is 24.6 Å². The number of hydrogen-bond donors (Lipinski definition) is 3. The van der Waals surface area contributed by atoms with Gasteiger partial charge in [0, 0.05) is 89.3 Å². The van der Waals surface area contributed by atoms with Crippen molar-refractivity contribution in [1.82, 2.24) is 54.9 Å². The number of nitrogens with one attached hydrogen (secondary N) is 2. The van der Waals surface area contributed by atoms with Gasteiger partial charge in [0.15, 0.2) is 35.5 Å². The van der Waals surface area contributed by atoms with Crippen molar-refractivity contribution < 1.29 is 37.2 Å². The number of nitrogens with zero attached hydrogens (tertiary/aromatic N) is 11. The van der Waals surface area contributed by atoms with Crippen LogP contribution in [0.1, 0.15) is 95.3 Å². The fourth-order valence-corrected chi connectivity index (χ4v) is 10.2. The van der Waals surface area contributed by atoms with Crippen LogP contribution in [-0.2, 0) is 24.7 Å². The van der Waals surface area contributed by atoms with E-state index in [1.54, 1.807) is 14.7 Å². The summed E-state index contributed by atoms with van der Waals surface area (Å²) in [5, 5.41) is 15.1. The fourth-order valence-electron chi connectivity index (χ4n) is 10.2. The molecule has 0 bridgehead atoms. The predicted octanol–water partition coefficient (Wildman–Crippen LogP) is 5.03. The van der Waals surface area contributed by atoms with Gasteiger partial charge < -0.3 is 35.0 Å². The zero-order valence-electron chi connectivity index (χ0n) is 39.6. The normalized spacial score (nSPS) is 20.0. The minimum atomic E-state index is -0.743. The number of carbonyl (C=O) groups excluding carboxylic acids is 4. The van der Waals surface area contributed by atoms with Crippen LogP contribution in [0.3, 0.4) is 0 Å². The molecule has 1 unspecified atom stereocenters. The third-order valence-corrected chi connectivity index (χ3v) is 14.2. The van der Waals surface area contributed by atoms with Crippen LogP contribution >= 0.6 is 0 Å². The fraction of sp³-hybridized carbons (Fsp3) is 0.542. The Morgan fingerprint density at radius 2 is 1.56 bits per heavy atom. The number of benzene rings is 1. The highest BCUT2D eigenvalue weighted by atomic mass is 19.1. The first-order chi connectivity index (χ1) is 33.7. The van der Waals surface area contributed by atoms with E-state index in [1.807, 2.05) is 37.8 Å². The molecule has 5 aliphatic rings. The molecule has 8 heterocycles. The van der Waals surface area contributed by atoms with E-state index in [0.29, 0.717) is 111 Å². The lowest BCUT2D eigenvalue weighted by molar-refractivity contribution is -0.136. The summed E-state index contributed by atoms with van der Waals surface area (Å²) in [6.07, 6.45) is 9.81. The molecular weight excluding hydrogens is 907 g/mol. The highest BCUT2D eigenvalue weighted by Gasteiger charge is 2.37. The first-order valence-corrected chi connectivity index (χ1v) is 24.3. The van der Waals surface area contributed by atoms with Crippen molar-refractivity contribution in [1.29, 1.82) is 0 Å². The van der Waals surface area contributed by atoms with Gasteiger partial charge in [0.2, 0.25) is 11.8 Å². The lowest BCUT2D eigenvalue weighted by Crippen LogP contribution is -2.51. The number of fused-ring (bicyclic) bond motifs is 1. The van der Waals surface area contributed by atoms with Crippen molar-refractivity contribution in [2.45, 2.75) is 95.6 Å². The second-order valence-electron chi connectivity index (χ2n) is 20.1. The molecule has 10 rings (SSSR count). The third kappa shape index (κ3) is 9.69. The molecule has 4 saturated heterocycles. The van der Waals surface area contributed by atoms with Crippen LogP contribution in [0.5, 0.6) is 0 Å². The number of piperidine rings is 3. The molecule has 1 aromatic carbocycles. The summed E-state index contributed by atoms with van der Waals surface area (Å²) < 4.78 is 43.8. The highest BCUT2D eigenvalue weighted by Crippen LogP contribution is 2.48. The van der Waals surface area contributed by atoms with E-state index in [0.717, 1.165) is 43.6 Å². The average Bonchev–Trinajstić information content (AvgIpc) is 3.96. The number of aromatic nitrogens is 7. The summed E-state index contributed by atoms with van der Waals surface area (Å²) in [5.74, 6) is -0.374. The van der Waals surface area contributed by atoms with Crippen molar-refractivity contribution in [3.05, 3.63) is 53.8 Å². The summed E-state index contributed by atoms with van der Waals surface area (Å²) in [7, 11) is 0. The van der Waals surface area contributed by atoms with E-state index < -0.39 is 35.2 Å². The first-order valence-electron chi connectivity index (χ1n) is 24.3. The van der Waals surface area contributed by atoms with Gasteiger partial charge in [-0.25, -0.2) is 38.2 Å². The zero-order valence-corrected chi connectivity index (χ0v) is 39.6. The number of imide groups is 1. The molecule has 4 N–H and O–H groups in total. The standard InChI is InChI=1S/C48H58F2N14O6/c1-48(2,3)64-45-38(43(51)54-26-55-45)39(58-64)40-37(42(70-59-40)29-4-5-29)44-52-22-30(23-53-44)28-10-14-63(15-11-28)47(68)69-25-36(66)61-18-16-60(17-19-61)24-27-8-12-62(13-9-27)41-32(49)20-31(21-33(41)50)56-34-6-7-35(65)57-46(34)67/h20-23,26-29,34,56H,4-19,24-25H2,1-3H3,(H2,51,54,55)(H,57,65,67). The number of ether oxygens (including phenoxy) is 1. The Hall–Kier alpha value is -6.84. The summed E-state index contributed by atoms with van der Waals surface area (Å²) in [4.78, 5) is 75.7. The van der Waals surface area contributed by atoms with Gasteiger partial charge in [-0.2, -0.15) is 5.10 Å². The van der Waals surface area contributed by atoms with E-state index >= 15 is 8.78 Å². The number of likely N-dealkylation sites (tertiary alicyclic amines) is 1. The molecule has 370 valence electrons. The average molecular weight is 965 g/mol. The van der Waals surface area contributed by atoms with Gasteiger partial charge >= 0.3 is 6.09 Å². The zero-order chi connectivity index (χ0) is 48.8. The molecule has 4 amide bonds. The number of carbonyl (C=O) groups is 4. The molecule has 4 aromatic heterocycles. The Bertz CT molecular complexity index is 2760. The van der Waals surface area contributed by atoms with Gasteiger partial charge in [-0.15, -0.1) is 0 Å². The Balaban J connectivity index is 0.666. The van der Waals surface area contributed by atoms with E-state index in [-0.39, 0.29) is 54.5 Å². The van der Waals surface area contributed by atoms with Gasteiger partial charge in [0.25, 0.3) is 5.91 Å². The Labute approximate surface area is 402 Å². The molecule has 0 spiro atoms. The SMILES string of the molecule is CC(C)(C)n1nc(-c2noc(C3CC3)c2-c2ncc(C3CCN(C(=O)OCC(=O)N4CCN(CC5CCN(c6c(F)cc(NC7CCC(=O)NC7=O)cc6F)CC5)CC4)CC3)cn2)c2c(N)ncnc21. The molecule has 1 atom stereocenters. The van der Waals surface area contributed by atoms with Gasteiger partial charge in [-0.1, -0.05) is 5.16 Å². The smallest absolute Gasteiger partial charge is 0.410 e. The lowest BCUT2D eigenvalue weighted by Gasteiger charge is -2.39. The molecule has 1 saturated carbocycles. The van der Waals surface area contributed by atoms with Crippen LogP contribution in [0.4, 0.5) is 30.8 Å². The number of anilines is 3. The summed E-state index contributed by atoms with van der Waals surface area (Å²) >= 11 is 0. The molecular formula is C48H58F2N14O6. The Kier molecular flexibility index (Phi) is 12.8. The monoisotopic (exact) mass is 964 g/mol. The van der Waals surface area contributed by atoms with Crippen molar-refractivity contribution in [3.63, 3.8) is 0 Å². The molecule has 4 aliphatic heterocycles. The largest absolute Gasteiger partial charge is 0.439 e. The second-order valence-corrected chi connectivity index (χ2v) is 20.1. The van der Waals surface area contributed by atoms with Crippen molar-refractivity contribution in [3.8, 4) is 22.8 Å². The number of piperazine rings is 1. The van der Waals surface area contributed by atoms with Crippen LogP contribution in [-0.4, -0.2) is 145 Å². The van der Waals surface area contributed by atoms with Crippen LogP contribution in [0.15, 0.2) is 35.4 Å². The van der Waals surface area contributed by atoms with Gasteiger partial charge in [-0.05, 0) is 95.2 Å². The topological polar surface area (TPSA) is 236 Å². The van der Waals surface area contributed by atoms with Gasteiger partial charge in [0.05, 0.1) is 16.5 Å². The van der Waals surface area contributed by atoms with E-state index in [2.05, 4.69) is 30.7 Å². The van der Waals surface area contributed by atoms with Crippen molar-refractivity contribution in [2.24, 2.45) is 5.92 Å². The number of rotatable bonds is 11. The maximum atomic E-state index is 15.3. The molecule has 5 aromatic rings. The number of hydrogen-bond acceptors (Lipinski definition) is 16. The molecule has 5 fully saturated rings. The number of nitrogens with two attached hydrogens (primary N) is 1. The molecule has 0 radical (unpaired) electrons. The van der Waals surface area contributed by atoms with Crippen LogP contribution in [0, 0.1) is 17.6 Å². The molecule has 70 heavy (non-hydrogen) atoms. The second kappa shape index (κ2) is 19.2. The lowest BCUT2D eigenvalue weighted by atomic mass is 9.91. The van der Waals surface area contributed by atoms with Crippen LogP contribution in [0.25, 0.3) is 33.8 Å². The maximum absolute atomic E-state index is 15.3. The summed E-state index contributed by atoms with van der Waals surface area (Å²) in [6, 6.07) is 1.64. The first kappa shape index (κ1) is 46.9. The van der Waals surface area contributed by atoms with Crippen molar-refractivity contribution in [2.75, 3.05) is 81.5 Å². The summed E-state index contributed by atoms with van der Waals surface area (Å²) in [5.41, 5.74) is 9.31. The minimum absolute atomic E-state index is 0.0809. The molecule has 1 aliphatic carbocycles. The molecule has 22 heteroatoms. The van der Waals surface area contributed by atoms with E-state index in [9.17, 15) is 19.2 Å². The number of amides is 4. The predicted molar refractivity (Wildman–Crippen MR) is 252 cm³/mol. The quantitative estimate of drug-likeness (QED) is 0.147.